The van der Waals surface area contributed by atoms with E-state index >= 15 is 0 Å². The molecule has 10 heteroatoms. The number of anilines is 3. The van der Waals surface area contributed by atoms with Gasteiger partial charge in [0.2, 0.25) is 5.95 Å². The molecule has 10 nitrogen and oxygen atoms in total. The smallest absolute Gasteiger partial charge is 0.272 e. The van der Waals surface area contributed by atoms with Gasteiger partial charge in [-0.3, -0.25) is 4.79 Å². The Morgan fingerprint density at radius 1 is 1.10 bits per heavy atom. The molecule has 1 aliphatic heterocycles. The van der Waals surface area contributed by atoms with Crippen molar-refractivity contribution < 1.29 is 0 Å². The van der Waals surface area contributed by atoms with Crippen molar-refractivity contribution >= 4 is 39.5 Å². The lowest BCUT2D eigenvalue weighted by atomic mass is 10.1. The van der Waals surface area contributed by atoms with Crippen LogP contribution in [0.15, 0.2) is 35.4 Å². The van der Waals surface area contributed by atoms with E-state index in [0.29, 0.717) is 35.0 Å². The summed E-state index contributed by atoms with van der Waals surface area (Å²) in [5.41, 5.74) is 0.883. The van der Waals surface area contributed by atoms with Crippen molar-refractivity contribution in [1.82, 2.24) is 35.5 Å². The van der Waals surface area contributed by atoms with Crippen LogP contribution in [0, 0.1) is 0 Å². The number of rotatable bonds is 3. The number of aromatic nitrogens is 6. The number of piperazine rings is 1. The molecule has 2 unspecified atom stereocenters. The molecule has 0 amide bonds. The SMILES string of the molecule is CC1CN(c2ccc(Nc3ncc4c(n3)[nH]c3c(=O)[nH]ccc34)nn2)CC(C)N1. The highest BCUT2D eigenvalue weighted by molar-refractivity contribution is 6.05. The van der Waals surface area contributed by atoms with Crippen LogP contribution in [0.3, 0.4) is 0 Å². The summed E-state index contributed by atoms with van der Waals surface area (Å²) < 4.78 is 0. The summed E-state index contributed by atoms with van der Waals surface area (Å²) in [5.74, 6) is 1.78. The first kappa shape index (κ1) is 17.6. The maximum Gasteiger partial charge on any atom is 0.272 e. The molecule has 5 heterocycles. The highest BCUT2D eigenvalue weighted by Crippen LogP contribution is 2.22. The molecule has 4 aromatic rings. The number of aromatic amines is 2. The monoisotopic (exact) mass is 391 g/mol. The van der Waals surface area contributed by atoms with Crippen molar-refractivity contribution in [2.24, 2.45) is 0 Å². The normalized spacial score (nSPS) is 19.7. The molecule has 1 saturated heterocycles. The molecule has 1 fully saturated rings. The molecule has 5 rings (SSSR count). The highest BCUT2D eigenvalue weighted by atomic mass is 16.1. The Morgan fingerprint density at radius 2 is 1.93 bits per heavy atom. The number of fused-ring (bicyclic) bond motifs is 3. The van der Waals surface area contributed by atoms with E-state index in [-0.39, 0.29) is 5.56 Å². The maximum atomic E-state index is 12.0. The lowest BCUT2D eigenvalue weighted by Crippen LogP contribution is -2.54. The van der Waals surface area contributed by atoms with Gasteiger partial charge in [-0.25, -0.2) is 4.98 Å². The Bertz CT molecular complexity index is 1220. The highest BCUT2D eigenvalue weighted by Gasteiger charge is 2.22. The first-order valence-corrected chi connectivity index (χ1v) is 9.55. The fourth-order valence-corrected chi connectivity index (χ4v) is 3.87. The van der Waals surface area contributed by atoms with Crippen molar-refractivity contribution in [2.75, 3.05) is 23.3 Å². The van der Waals surface area contributed by atoms with E-state index in [1.807, 2.05) is 18.2 Å². The summed E-state index contributed by atoms with van der Waals surface area (Å²) in [6.45, 7) is 6.12. The number of nitrogens with one attached hydrogen (secondary N) is 4. The topological polar surface area (TPSA) is 128 Å². The molecule has 2 atom stereocenters. The van der Waals surface area contributed by atoms with Crippen LogP contribution in [0.1, 0.15) is 13.8 Å². The molecule has 0 aliphatic carbocycles. The van der Waals surface area contributed by atoms with Gasteiger partial charge < -0.3 is 25.5 Å². The lowest BCUT2D eigenvalue weighted by Gasteiger charge is -2.36. The summed E-state index contributed by atoms with van der Waals surface area (Å²) in [7, 11) is 0. The summed E-state index contributed by atoms with van der Waals surface area (Å²) in [4.78, 5) is 28.7. The Labute approximate surface area is 165 Å². The van der Waals surface area contributed by atoms with Gasteiger partial charge in [0.1, 0.15) is 11.2 Å². The van der Waals surface area contributed by atoms with Gasteiger partial charge in [-0.05, 0) is 32.0 Å². The van der Waals surface area contributed by atoms with Crippen molar-refractivity contribution in [3.63, 3.8) is 0 Å². The summed E-state index contributed by atoms with van der Waals surface area (Å²) in [6, 6.07) is 6.45. The number of nitrogens with zero attached hydrogens (tertiary/aromatic N) is 5. The molecular formula is C19H21N9O. The van der Waals surface area contributed by atoms with Crippen molar-refractivity contribution in [3.05, 3.63) is 40.9 Å². The van der Waals surface area contributed by atoms with E-state index in [9.17, 15) is 4.79 Å². The Balaban J connectivity index is 1.38. The fourth-order valence-electron chi connectivity index (χ4n) is 3.87. The number of H-pyrrole nitrogens is 2. The van der Waals surface area contributed by atoms with Crippen LogP contribution in [0.5, 0.6) is 0 Å². The van der Waals surface area contributed by atoms with Gasteiger partial charge in [-0.2, -0.15) is 4.98 Å². The molecule has 4 aromatic heterocycles. The van der Waals surface area contributed by atoms with E-state index in [1.165, 1.54) is 0 Å². The minimum atomic E-state index is -0.187. The van der Waals surface area contributed by atoms with Gasteiger partial charge in [0, 0.05) is 48.3 Å². The van der Waals surface area contributed by atoms with E-state index < -0.39 is 0 Å². The molecule has 0 bridgehead atoms. The Hall–Kier alpha value is -3.53. The van der Waals surface area contributed by atoms with Crippen LogP contribution in [0.2, 0.25) is 0 Å². The number of hydrogen-bond donors (Lipinski definition) is 4. The third kappa shape index (κ3) is 3.27. The van der Waals surface area contributed by atoms with Crippen LogP contribution in [-0.4, -0.2) is 55.3 Å². The average molecular weight is 391 g/mol. The Morgan fingerprint density at radius 3 is 2.69 bits per heavy atom. The Kier molecular flexibility index (Phi) is 4.13. The fraction of sp³-hybridized carbons (Fsp3) is 0.316. The number of hydrogen-bond acceptors (Lipinski definition) is 8. The van der Waals surface area contributed by atoms with Gasteiger partial charge in [0.15, 0.2) is 11.6 Å². The standard InChI is InChI=1S/C19H21N9O/c1-10-8-28(9-11(2)22-10)15-4-3-14(26-27-15)23-19-21-7-13-12-5-6-20-18(29)16(12)24-17(13)25-19/h3-7,10-11,22H,8-9H2,1-2H3,(H,20,29)(H2,21,23,24,25,26). The second-order valence-electron chi connectivity index (χ2n) is 7.45. The van der Waals surface area contributed by atoms with Gasteiger partial charge in [-0.15, -0.1) is 10.2 Å². The second kappa shape index (κ2) is 6.82. The summed E-state index contributed by atoms with van der Waals surface area (Å²) in [5, 5.41) is 16.8. The summed E-state index contributed by atoms with van der Waals surface area (Å²) >= 11 is 0. The molecule has 0 saturated carbocycles. The van der Waals surface area contributed by atoms with Crippen LogP contribution >= 0.6 is 0 Å². The minimum Gasteiger partial charge on any atom is -0.352 e. The van der Waals surface area contributed by atoms with Crippen molar-refractivity contribution in [1.29, 1.82) is 0 Å². The van der Waals surface area contributed by atoms with Crippen LogP contribution in [0.4, 0.5) is 17.6 Å². The average Bonchev–Trinajstić information content (AvgIpc) is 3.07. The zero-order valence-electron chi connectivity index (χ0n) is 16.1. The van der Waals surface area contributed by atoms with E-state index in [0.717, 1.165) is 29.7 Å². The van der Waals surface area contributed by atoms with Crippen LogP contribution in [-0.2, 0) is 0 Å². The van der Waals surface area contributed by atoms with Crippen molar-refractivity contribution in [2.45, 2.75) is 25.9 Å². The van der Waals surface area contributed by atoms with E-state index in [1.54, 1.807) is 12.4 Å². The zero-order chi connectivity index (χ0) is 20.0. The maximum absolute atomic E-state index is 12.0. The number of pyridine rings is 1. The molecule has 0 aromatic carbocycles. The van der Waals surface area contributed by atoms with E-state index in [4.69, 9.17) is 0 Å². The van der Waals surface area contributed by atoms with Gasteiger partial charge in [-0.1, -0.05) is 0 Å². The predicted molar refractivity (Wildman–Crippen MR) is 112 cm³/mol. The minimum absolute atomic E-state index is 0.187. The first-order chi connectivity index (χ1) is 14.1. The van der Waals surface area contributed by atoms with Gasteiger partial charge >= 0.3 is 0 Å². The van der Waals surface area contributed by atoms with Crippen molar-refractivity contribution in [3.8, 4) is 0 Å². The molecule has 0 spiro atoms. The zero-order valence-corrected chi connectivity index (χ0v) is 16.1. The molecule has 148 valence electrons. The molecule has 1 aliphatic rings. The second-order valence-corrected chi connectivity index (χ2v) is 7.45. The lowest BCUT2D eigenvalue weighted by molar-refractivity contribution is 0.404. The molecule has 29 heavy (non-hydrogen) atoms. The van der Waals surface area contributed by atoms with E-state index in [2.05, 4.69) is 59.5 Å². The van der Waals surface area contributed by atoms with Gasteiger partial charge in [0.05, 0.1) is 0 Å². The van der Waals surface area contributed by atoms with Crippen LogP contribution < -0.4 is 21.1 Å². The van der Waals surface area contributed by atoms with Gasteiger partial charge in [0.25, 0.3) is 5.56 Å². The third-order valence-corrected chi connectivity index (χ3v) is 5.06. The third-order valence-electron chi connectivity index (χ3n) is 5.06. The van der Waals surface area contributed by atoms with Crippen LogP contribution in [0.25, 0.3) is 21.9 Å². The first-order valence-electron chi connectivity index (χ1n) is 9.55. The largest absolute Gasteiger partial charge is 0.352 e. The molecule has 4 N–H and O–H groups in total. The predicted octanol–water partition coefficient (Wildman–Crippen LogP) is 1.52. The summed E-state index contributed by atoms with van der Waals surface area (Å²) in [6.07, 6.45) is 3.30. The molecular weight excluding hydrogens is 370 g/mol. The quantitative estimate of drug-likeness (QED) is 0.414. The molecule has 0 radical (unpaired) electrons.